The van der Waals surface area contributed by atoms with E-state index in [0.29, 0.717) is 18.4 Å². The van der Waals surface area contributed by atoms with E-state index in [4.69, 9.17) is 0 Å². The Labute approximate surface area is 110 Å². The van der Waals surface area contributed by atoms with Crippen molar-refractivity contribution in [2.75, 3.05) is 5.32 Å². The molecule has 0 unspecified atom stereocenters. The summed E-state index contributed by atoms with van der Waals surface area (Å²) < 4.78 is 0. The van der Waals surface area contributed by atoms with Gasteiger partial charge in [0.1, 0.15) is 0 Å². The highest BCUT2D eigenvalue weighted by molar-refractivity contribution is 5.90. The van der Waals surface area contributed by atoms with Gasteiger partial charge < -0.3 is 10.6 Å². The fraction of sp³-hybridized carbons (Fsp3) is 0.533. The van der Waals surface area contributed by atoms with E-state index in [1.54, 1.807) is 0 Å². The summed E-state index contributed by atoms with van der Waals surface area (Å²) in [5, 5.41) is 6.30. The fourth-order valence-corrected chi connectivity index (χ4v) is 1.66. The summed E-state index contributed by atoms with van der Waals surface area (Å²) in [4.78, 5) is 11.7. The summed E-state index contributed by atoms with van der Waals surface area (Å²) in [5.74, 6) is 0.467. The summed E-state index contributed by atoms with van der Waals surface area (Å²) >= 11 is 0. The lowest BCUT2D eigenvalue weighted by molar-refractivity contribution is -0.116. The Morgan fingerprint density at radius 1 is 1.22 bits per heavy atom. The molecule has 3 nitrogen and oxygen atoms in total. The van der Waals surface area contributed by atoms with Crippen molar-refractivity contribution in [3.8, 4) is 0 Å². The molecule has 1 rings (SSSR count). The molecule has 2 N–H and O–H groups in total. The Bertz CT molecular complexity index is 386. The molecule has 0 heterocycles. The molecule has 0 saturated carbocycles. The predicted octanol–water partition coefficient (Wildman–Crippen LogP) is 3.17. The average molecular weight is 248 g/mol. The van der Waals surface area contributed by atoms with Gasteiger partial charge in [-0.05, 0) is 23.6 Å². The Hall–Kier alpha value is -1.35. The number of anilines is 1. The van der Waals surface area contributed by atoms with E-state index in [1.165, 1.54) is 5.56 Å². The van der Waals surface area contributed by atoms with Gasteiger partial charge in [0, 0.05) is 24.7 Å². The van der Waals surface area contributed by atoms with Crippen LogP contribution in [0.5, 0.6) is 0 Å². The first-order chi connectivity index (χ1) is 8.47. The second kappa shape index (κ2) is 7.17. The first-order valence-electron chi connectivity index (χ1n) is 6.59. The maximum Gasteiger partial charge on any atom is 0.224 e. The molecular formula is C15H24N2O. The number of amides is 1. The van der Waals surface area contributed by atoms with E-state index < -0.39 is 0 Å². The minimum Gasteiger partial charge on any atom is -0.326 e. The van der Waals surface area contributed by atoms with Crippen LogP contribution in [0, 0.1) is 5.92 Å². The van der Waals surface area contributed by atoms with Crippen LogP contribution in [0.1, 0.15) is 39.7 Å². The van der Waals surface area contributed by atoms with Crippen LogP contribution in [0.25, 0.3) is 0 Å². The number of hydrogen-bond acceptors (Lipinski definition) is 2. The van der Waals surface area contributed by atoms with E-state index in [9.17, 15) is 4.79 Å². The standard InChI is InChI=1S/C15H24N2O/c1-11(2)8-15(18)17-14-7-5-6-13(9-14)10-16-12(3)4/h5-7,9,11-12,16H,8,10H2,1-4H3,(H,17,18). The second-order valence-corrected chi connectivity index (χ2v) is 5.38. The topological polar surface area (TPSA) is 41.1 Å². The second-order valence-electron chi connectivity index (χ2n) is 5.38. The highest BCUT2D eigenvalue weighted by Gasteiger charge is 2.05. The number of nitrogens with one attached hydrogen (secondary N) is 2. The van der Waals surface area contributed by atoms with E-state index in [-0.39, 0.29) is 5.91 Å². The van der Waals surface area contributed by atoms with E-state index in [2.05, 4.69) is 30.5 Å². The fourth-order valence-electron chi connectivity index (χ4n) is 1.66. The van der Waals surface area contributed by atoms with E-state index in [1.807, 2.05) is 32.0 Å². The van der Waals surface area contributed by atoms with Crippen molar-refractivity contribution < 1.29 is 4.79 Å². The maximum atomic E-state index is 11.7. The molecule has 0 spiro atoms. The van der Waals surface area contributed by atoms with Crippen molar-refractivity contribution in [3.63, 3.8) is 0 Å². The van der Waals surface area contributed by atoms with Gasteiger partial charge in [-0.3, -0.25) is 4.79 Å². The summed E-state index contributed by atoms with van der Waals surface area (Å²) in [5.41, 5.74) is 2.06. The van der Waals surface area contributed by atoms with Crippen molar-refractivity contribution in [2.24, 2.45) is 5.92 Å². The monoisotopic (exact) mass is 248 g/mol. The van der Waals surface area contributed by atoms with E-state index >= 15 is 0 Å². The largest absolute Gasteiger partial charge is 0.326 e. The van der Waals surface area contributed by atoms with Crippen LogP contribution in [-0.4, -0.2) is 11.9 Å². The van der Waals surface area contributed by atoms with Gasteiger partial charge in [0.15, 0.2) is 0 Å². The van der Waals surface area contributed by atoms with Crippen LogP contribution in [0.4, 0.5) is 5.69 Å². The lowest BCUT2D eigenvalue weighted by atomic mass is 10.1. The van der Waals surface area contributed by atoms with Crippen LogP contribution in [0.3, 0.4) is 0 Å². The minimum atomic E-state index is 0.0824. The maximum absolute atomic E-state index is 11.7. The zero-order valence-corrected chi connectivity index (χ0v) is 11.8. The van der Waals surface area contributed by atoms with Crippen molar-refractivity contribution in [2.45, 2.75) is 46.7 Å². The average Bonchev–Trinajstić information content (AvgIpc) is 2.25. The molecule has 0 aromatic heterocycles. The third kappa shape index (κ3) is 5.82. The molecule has 0 saturated heterocycles. The van der Waals surface area contributed by atoms with Crippen molar-refractivity contribution in [3.05, 3.63) is 29.8 Å². The van der Waals surface area contributed by atoms with Gasteiger partial charge in [-0.15, -0.1) is 0 Å². The molecule has 100 valence electrons. The third-order valence-corrected chi connectivity index (χ3v) is 2.52. The molecule has 0 aliphatic heterocycles. The zero-order chi connectivity index (χ0) is 13.5. The summed E-state index contributed by atoms with van der Waals surface area (Å²) in [6, 6.07) is 8.45. The van der Waals surface area contributed by atoms with Gasteiger partial charge in [-0.1, -0.05) is 39.8 Å². The van der Waals surface area contributed by atoms with Crippen molar-refractivity contribution in [1.29, 1.82) is 0 Å². The normalized spacial score (nSPS) is 11.0. The van der Waals surface area contributed by atoms with Gasteiger partial charge in [-0.25, -0.2) is 0 Å². The number of benzene rings is 1. The third-order valence-electron chi connectivity index (χ3n) is 2.52. The number of carbonyl (C=O) groups excluding carboxylic acids is 1. The Balaban J connectivity index is 2.56. The SMILES string of the molecule is CC(C)CC(=O)Nc1cccc(CNC(C)C)c1. The molecule has 0 fully saturated rings. The Morgan fingerprint density at radius 3 is 2.56 bits per heavy atom. The highest BCUT2D eigenvalue weighted by atomic mass is 16.1. The molecule has 3 heteroatoms. The van der Waals surface area contributed by atoms with Gasteiger partial charge in [-0.2, -0.15) is 0 Å². The highest BCUT2D eigenvalue weighted by Crippen LogP contribution is 2.12. The van der Waals surface area contributed by atoms with Crippen LogP contribution in [-0.2, 0) is 11.3 Å². The van der Waals surface area contributed by atoms with Crippen LogP contribution >= 0.6 is 0 Å². The Kier molecular flexibility index (Phi) is 5.86. The summed E-state index contributed by atoms with van der Waals surface area (Å²) in [7, 11) is 0. The molecule has 0 radical (unpaired) electrons. The van der Waals surface area contributed by atoms with Gasteiger partial charge in [0.05, 0.1) is 0 Å². The van der Waals surface area contributed by atoms with Crippen molar-refractivity contribution >= 4 is 11.6 Å². The van der Waals surface area contributed by atoms with Gasteiger partial charge >= 0.3 is 0 Å². The molecule has 0 aliphatic rings. The van der Waals surface area contributed by atoms with Crippen LogP contribution in [0.2, 0.25) is 0 Å². The molecule has 0 aliphatic carbocycles. The predicted molar refractivity (Wildman–Crippen MR) is 76.5 cm³/mol. The molecule has 1 aromatic rings. The lowest BCUT2D eigenvalue weighted by Gasteiger charge is -2.11. The molecule has 1 amide bonds. The van der Waals surface area contributed by atoms with Gasteiger partial charge in [0.2, 0.25) is 5.91 Å². The summed E-state index contributed by atoms with van der Waals surface area (Å²) in [6.07, 6.45) is 0.564. The first-order valence-corrected chi connectivity index (χ1v) is 6.59. The van der Waals surface area contributed by atoms with Gasteiger partial charge in [0.25, 0.3) is 0 Å². The van der Waals surface area contributed by atoms with Crippen LogP contribution < -0.4 is 10.6 Å². The van der Waals surface area contributed by atoms with Crippen LogP contribution in [0.15, 0.2) is 24.3 Å². The molecular weight excluding hydrogens is 224 g/mol. The molecule has 1 aromatic carbocycles. The smallest absolute Gasteiger partial charge is 0.224 e. The van der Waals surface area contributed by atoms with Crippen molar-refractivity contribution in [1.82, 2.24) is 5.32 Å². The Morgan fingerprint density at radius 2 is 1.94 bits per heavy atom. The molecule has 18 heavy (non-hydrogen) atoms. The first kappa shape index (κ1) is 14.7. The quantitative estimate of drug-likeness (QED) is 0.812. The zero-order valence-electron chi connectivity index (χ0n) is 11.8. The number of rotatable bonds is 6. The lowest BCUT2D eigenvalue weighted by Crippen LogP contribution is -2.22. The number of hydrogen-bond donors (Lipinski definition) is 2. The number of carbonyl (C=O) groups is 1. The van der Waals surface area contributed by atoms with E-state index in [0.717, 1.165) is 12.2 Å². The molecule has 0 bridgehead atoms. The summed E-state index contributed by atoms with van der Waals surface area (Å²) in [6.45, 7) is 9.15. The minimum absolute atomic E-state index is 0.0824. The molecule has 0 atom stereocenters.